The largest absolute Gasteiger partial charge is 0.417 e. The Hall–Kier alpha value is -5.06. The Morgan fingerprint density at radius 2 is 1.82 bits per heavy atom. The molecule has 0 aliphatic carbocycles. The summed E-state index contributed by atoms with van der Waals surface area (Å²) in [4.78, 5) is 29.2. The summed E-state index contributed by atoms with van der Waals surface area (Å²) in [6.07, 6.45) is 3.63. The van der Waals surface area contributed by atoms with E-state index in [4.69, 9.17) is 4.74 Å². The predicted molar refractivity (Wildman–Crippen MR) is 134 cm³/mol. The summed E-state index contributed by atoms with van der Waals surface area (Å²) in [5.74, 6) is -1.58. The molecule has 5 aromatic rings. The number of aryl methyl sites for hydroxylation is 1. The first kappa shape index (κ1) is 24.6. The van der Waals surface area contributed by atoms with Crippen LogP contribution in [0.25, 0.3) is 34.3 Å². The van der Waals surface area contributed by atoms with Gasteiger partial charge in [-0.15, -0.1) is 5.10 Å². The fourth-order valence-electron chi connectivity index (χ4n) is 3.77. The van der Waals surface area contributed by atoms with Crippen LogP contribution in [0.15, 0.2) is 84.0 Å². The van der Waals surface area contributed by atoms with E-state index in [1.165, 1.54) is 18.3 Å². The van der Waals surface area contributed by atoms with E-state index in [9.17, 15) is 22.8 Å². The van der Waals surface area contributed by atoms with Gasteiger partial charge in [0.2, 0.25) is 5.88 Å². The van der Waals surface area contributed by atoms with Crippen LogP contribution in [0.2, 0.25) is 0 Å². The van der Waals surface area contributed by atoms with Crippen LogP contribution in [0.4, 0.5) is 13.2 Å². The van der Waals surface area contributed by atoms with Gasteiger partial charge in [0.25, 0.3) is 5.56 Å². The van der Waals surface area contributed by atoms with Crippen LogP contribution in [0.3, 0.4) is 0 Å². The van der Waals surface area contributed by atoms with Gasteiger partial charge in [-0.25, -0.2) is 9.48 Å². The predicted octanol–water partition coefficient (Wildman–Crippen LogP) is 5.06. The summed E-state index contributed by atoms with van der Waals surface area (Å²) in [5.41, 5.74) is 1.00. The number of benzene rings is 2. The van der Waals surface area contributed by atoms with E-state index in [1.54, 1.807) is 29.2 Å². The van der Waals surface area contributed by atoms with Crippen molar-refractivity contribution in [3.63, 3.8) is 0 Å². The van der Waals surface area contributed by atoms with Crippen molar-refractivity contribution < 1.29 is 22.7 Å². The van der Waals surface area contributed by atoms with Crippen LogP contribution in [0.5, 0.6) is 5.88 Å². The lowest BCUT2D eigenvalue weighted by atomic mass is 10.1. The molecule has 38 heavy (non-hydrogen) atoms. The van der Waals surface area contributed by atoms with Gasteiger partial charge < -0.3 is 4.74 Å². The van der Waals surface area contributed by atoms with Crippen LogP contribution in [-0.4, -0.2) is 30.5 Å². The number of alkyl halides is 3. The molecule has 0 atom stereocenters. The summed E-state index contributed by atoms with van der Waals surface area (Å²) in [6, 6.07) is 14.0. The summed E-state index contributed by atoms with van der Waals surface area (Å²) in [5, 5.41) is 8.97. The van der Waals surface area contributed by atoms with E-state index < -0.39 is 28.8 Å². The Morgan fingerprint density at radius 1 is 1.00 bits per heavy atom. The molecular weight excluding hydrogens is 499 g/mol. The SMILES string of the molecule is Cn1cc(-c2cnc3ccc(/C=C/n4nc(OC(=O)c5ccccc5C(F)(F)F)ccc4=O)cc3c2)cn1. The minimum absolute atomic E-state index is 0.333. The second-order valence-corrected chi connectivity index (χ2v) is 8.28. The first-order valence-electron chi connectivity index (χ1n) is 11.2. The quantitative estimate of drug-likeness (QED) is 0.303. The summed E-state index contributed by atoms with van der Waals surface area (Å²) in [6.45, 7) is 0. The fraction of sp³-hybridized carbons (Fsp3) is 0.0741. The second-order valence-electron chi connectivity index (χ2n) is 8.28. The van der Waals surface area contributed by atoms with E-state index >= 15 is 0 Å². The number of hydrogen-bond donors (Lipinski definition) is 0. The lowest BCUT2D eigenvalue weighted by molar-refractivity contribution is -0.138. The molecule has 0 N–H and O–H groups in total. The molecule has 0 aliphatic rings. The zero-order valence-electron chi connectivity index (χ0n) is 19.8. The summed E-state index contributed by atoms with van der Waals surface area (Å²) >= 11 is 0. The molecule has 190 valence electrons. The van der Waals surface area contributed by atoms with E-state index in [2.05, 4.69) is 15.2 Å². The number of carbonyl (C=O) groups excluding carboxylic acids is 1. The lowest BCUT2D eigenvalue weighted by Gasteiger charge is -2.11. The molecule has 5 rings (SSSR count). The average molecular weight is 517 g/mol. The highest BCUT2D eigenvalue weighted by molar-refractivity contribution is 5.92. The standard InChI is InChI=1S/C27H18F3N5O3/c1-34-16-20(15-32-34)19-13-18-12-17(6-7-23(18)31-14-19)10-11-35-25(36)9-8-24(33-35)38-26(37)21-4-2-3-5-22(21)27(28,29)30/h2-16H,1H3/b11-10+. The summed E-state index contributed by atoms with van der Waals surface area (Å²) in [7, 11) is 1.83. The van der Waals surface area contributed by atoms with Crippen LogP contribution < -0.4 is 10.3 Å². The maximum atomic E-state index is 13.2. The molecule has 0 spiro atoms. The zero-order chi connectivity index (χ0) is 26.9. The number of carbonyl (C=O) groups is 1. The Labute approximate surface area is 213 Å². The third-order valence-electron chi connectivity index (χ3n) is 5.60. The van der Waals surface area contributed by atoms with Crippen LogP contribution in [0, 0.1) is 0 Å². The minimum Gasteiger partial charge on any atom is -0.402 e. The highest BCUT2D eigenvalue weighted by atomic mass is 19.4. The van der Waals surface area contributed by atoms with E-state index in [1.807, 2.05) is 31.4 Å². The maximum Gasteiger partial charge on any atom is 0.417 e. The highest BCUT2D eigenvalue weighted by Crippen LogP contribution is 2.32. The van der Waals surface area contributed by atoms with Crippen LogP contribution >= 0.6 is 0 Å². The van der Waals surface area contributed by atoms with Crippen LogP contribution in [0.1, 0.15) is 21.5 Å². The topological polar surface area (TPSA) is 91.9 Å². The molecule has 0 fully saturated rings. The van der Waals surface area contributed by atoms with Crippen molar-refractivity contribution in [2.75, 3.05) is 0 Å². The molecule has 0 unspecified atom stereocenters. The van der Waals surface area contributed by atoms with Crippen molar-refractivity contribution in [1.82, 2.24) is 24.5 Å². The van der Waals surface area contributed by atoms with Gasteiger partial charge in [0.15, 0.2) is 0 Å². The van der Waals surface area contributed by atoms with E-state index in [-0.39, 0.29) is 5.88 Å². The lowest BCUT2D eigenvalue weighted by Crippen LogP contribution is -2.21. The van der Waals surface area contributed by atoms with Gasteiger partial charge in [-0.1, -0.05) is 18.2 Å². The van der Waals surface area contributed by atoms with E-state index in [0.717, 1.165) is 56.5 Å². The number of rotatable bonds is 5. The van der Waals surface area contributed by atoms with Crippen LogP contribution in [-0.2, 0) is 13.2 Å². The van der Waals surface area contributed by atoms with Gasteiger partial charge in [0.05, 0.1) is 22.8 Å². The molecule has 3 aromatic heterocycles. The molecule has 0 radical (unpaired) electrons. The van der Waals surface area contributed by atoms with Gasteiger partial charge in [-0.3, -0.25) is 14.5 Å². The molecule has 0 amide bonds. The number of fused-ring (bicyclic) bond motifs is 1. The second kappa shape index (κ2) is 9.77. The maximum absolute atomic E-state index is 13.2. The molecule has 0 saturated heterocycles. The minimum atomic E-state index is -4.74. The molecular formula is C27H18F3N5O3. The molecule has 3 heterocycles. The van der Waals surface area contributed by atoms with Crippen molar-refractivity contribution >= 4 is 29.1 Å². The molecule has 2 aromatic carbocycles. The Balaban J connectivity index is 1.39. The normalized spacial score (nSPS) is 11.8. The summed E-state index contributed by atoms with van der Waals surface area (Å²) < 4.78 is 47.4. The van der Waals surface area contributed by atoms with Gasteiger partial charge in [0, 0.05) is 54.3 Å². The van der Waals surface area contributed by atoms with Gasteiger partial charge in [-0.05, 0) is 42.0 Å². The first-order chi connectivity index (χ1) is 18.2. The van der Waals surface area contributed by atoms with Gasteiger partial charge in [0.1, 0.15) is 0 Å². The molecule has 11 heteroatoms. The molecule has 0 bridgehead atoms. The third-order valence-corrected chi connectivity index (χ3v) is 5.60. The smallest absolute Gasteiger partial charge is 0.402 e. The third kappa shape index (κ3) is 5.21. The molecule has 8 nitrogen and oxygen atoms in total. The molecule has 0 saturated carbocycles. The number of ether oxygens (including phenoxy) is 1. The Bertz CT molecular complexity index is 1760. The van der Waals surface area contributed by atoms with Crippen molar-refractivity contribution in [3.8, 4) is 17.0 Å². The Kier molecular flexibility index (Phi) is 6.33. The Morgan fingerprint density at radius 3 is 2.58 bits per heavy atom. The number of esters is 1. The van der Waals surface area contributed by atoms with Gasteiger partial charge >= 0.3 is 12.1 Å². The number of nitrogens with zero attached hydrogens (tertiary/aromatic N) is 5. The number of aromatic nitrogens is 5. The monoisotopic (exact) mass is 517 g/mol. The van der Waals surface area contributed by atoms with Crippen molar-refractivity contribution in [2.45, 2.75) is 6.18 Å². The zero-order valence-corrected chi connectivity index (χ0v) is 19.8. The average Bonchev–Trinajstić information content (AvgIpc) is 3.34. The van der Waals surface area contributed by atoms with E-state index in [0.29, 0.717) is 0 Å². The number of pyridine rings is 1. The first-order valence-corrected chi connectivity index (χ1v) is 11.2. The fourth-order valence-corrected chi connectivity index (χ4v) is 3.77. The van der Waals surface area contributed by atoms with Gasteiger partial charge in [-0.2, -0.15) is 18.3 Å². The number of halogens is 3. The van der Waals surface area contributed by atoms with Crippen molar-refractivity contribution in [2.24, 2.45) is 7.05 Å². The van der Waals surface area contributed by atoms with Crippen molar-refractivity contribution in [1.29, 1.82) is 0 Å². The van der Waals surface area contributed by atoms with Crippen molar-refractivity contribution in [3.05, 3.63) is 106 Å². The number of hydrogen-bond acceptors (Lipinski definition) is 6. The highest BCUT2D eigenvalue weighted by Gasteiger charge is 2.35. The molecule has 0 aliphatic heterocycles.